The van der Waals surface area contributed by atoms with Crippen LogP contribution in [0.1, 0.15) is 11.1 Å². The van der Waals surface area contributed by atoms with Gasteiger partial charge in [0.1, 0.15) is 0 Å². The molecular weight excluding hydrogens is 1030 g/mol. The second kappa shape index (κ2) is 20.5. The van der Waals surface area contributed by atoms with Crippen molar-refractivity contribution < 1.29 is 26.3 Å². The van der Waals surface area contributed by atoms with Crippen LogP contribution in [-0.4, -0.2) is 6.26 Å². The molecule has 0 N–H and O–H groups in total. The summed E-state index contributed by atoms with van der Waals surface area (Å²) in [5.41, 5.74) is 5.21. The molecule has 11 aromatic carbocycles. The van der Waals surface area contributed by atoms with E-state index in [1.54, 1.807) is 42.1 Å². The van der Waals surface area contributed by atoms with Gasteiger partial charge in [0.25, 0.3) is 0 Å². The number of halogens is 8. The predicted molar refractivity (Wildman–Crippen MR) is 302 cm³/mol. The van der Waals surface area contributed by atoms with E-state index < -0.39 is 23.5 Å². The Bertz CT molecular complexity index is 3940. The van der Waals surface area contributed by atoms with Crippen LogP contribution in [0, 0.1) is 0 Å². The highest BCUT2D eigenvalue weighted by Gasteiger charge is 2.36. The quantitative estimate of drug-likeness (QED) is 0.0989. The van der Waals surface area contributed by atoms with E-state index in [-0.39, 0.29) is 11.1 Å². The lowest BCUT2D eigenvalue weighted by Gasteiger charge is -2.26. The van der Waals surface area contributed by atoms with Crippen molar-refractivity contribution in [3.05, 3.63) is 246 Å². The first-order valence-electron chi connectivity index (χ1n) is 23.8. The smallest absolute Gasteiger partial charge is 0.166 e. The number of benzene rings is 11. The van der Waals surface area contributed by atoms with Crippen LogP contribution in [0.2, 0.25) is 10.0 Å². The van der Waals surface area contributed by atoms with E-state index in [1.807, 2.05) is 170 Å². The van der Waals surface area contributed by atoms with Crippen LogP contribution in [0.15, 0.2) is 239 Å². The van der Waals surface area contributed by atoms with Crippen molar-refractivity contribution in [3.8, 4) is 77.9 Å². The molecule has 368 valence electrons. The van der Waals surface area contributed by atoms with Crippen LogP contribution >= 0.6 is 46.7 Å². The first-order valence-corrected chi connectivity index (χ1v) is 26.6. The van der Waals surface area contributed by atoms with Gasteiger partial charge in [0, 0.05) is 30.3 Å². The Morgan fingerprint density at radius 2 is 0.960 bits per heavy atom. The molecule has 0 heterocycles. The van der Waals surface area contributed by atoms with Crippen molar-refractivity contribution in [2.45, 2.75) is 27.0 Å². The SMILES string of the molecule is CSc1ccc(-c2cc(Cl)ccc2-c2c(-c3cccc(C(F)(F)F)c3-c3ccc(Sc4ccccc4)cc3)cc(-c3ccc(C(F)(F)F)cc3-c3cccc4ccccc34)c3cccc(-c4cccc(Cl)c4)c23)cc1. The number of rotatable bonds is 10. The van der Waals surface area contributed by atoms with Crippen molar-refractivity contribution in [2.24, 2.45) is 0 Å². The zero-order valence-corrected chi connectivity index (χ0v) is 42.8. The Hall–Kier alpha value is -7.20. The van der Waals surface area contributed by atoms with Crippen LogP contribution in [-0.2, 0) is 12.4 Å². The van der Waals surface area contributed by atoms with Gasteiger partial charge in [-0.3, -0.25) is 0 Å². The van der Waals surface area contributed by atoms with Crippen LogP contribution in [0.3, 0.4) is 0 Å². The van der Waals surface area contributed by atoms with Crippen molar-refractivity contribution in [1.82, 2.24) is 0 Å². The average molecular weight is 1070 g/mol. The average Bonchev–Trinajstić information content (AvgIpc) is 3.43. The van der Waals surface area contributed by atoms with Gasteiger partial charge in [-0.1, -0.05) is 174 Å². The highest BCUT2D eigenvalue weighted by Crippen LogP contribution is 2.54. The van der Waals surface area contributed by atoms with Crippen LogP contribution in [0.4, 0.5) is 26.3 Å². The third-order valence-corrected chi connectivity index (χ3v) is 15.7. The molecule has 0 aromatic heterocycles. The third kappa shape index (κ3) is 9.96. The molecule has 0 fully saturated rings. The van der Waals surface area contributed by atoms with Crippen LogP contribution in [0.25, 0.3) is 99.4 Å². The maximum absolute atomic E-state index is 15.9. The Morgan fingerprint density at radius 1 is 0.347 bits per heavy atom. The first kappa shape index (κ1) is 50.0. The minimum absolute atomic E-state index is 0.0606. The Labute approximate surface area is 448 Å². The second-order valence-electron chi connectivity index (χ2n) is 18.0. The number of fused-ring (bicyclic) bond motifs is 2. The minimum atomic E-state index is -4.81. The molecule has 0 spiro atoms. The molecule has 0 aliphatic carbocycles. The van der Waals surface area contributed by atoms with E-state index in [9.17, 15) is 13.2 Å². The number of hydrogen-bond acceptors (Lipinski definition) is 2. The van der Waals surface area contributed by atoms with Gasteiger partial charge in [-0.15, -0.1) is 11.8 Å². The summed E-state index contributed by atoms with van der Waals surface area (Å²) < 4.78 is 92.7. The Balaban J connectivity index is 1.32. The van der Waals surface area contributed by atoms with Gasteiger partial charge in [0.15, 0.2) is 0 Å². The lowest BCUT2D eigenvalue weighted by atomic mass is 9.78. The molecule has 0 radical (unpaired) electrons. The topological polar surface area (TPSA) is 0 Å². The minimum Gasteiger partial charge on any atom is -0.166 e. The molecule has 0 saturated heterocycles. The lowest BCUT2D eigenvalue weighted by Crippen LogP contribution is -2.08. The largest absolute Gasteiger partial charge is 0.417 e. The van der Waals surface area contributed by atoms with E-state index >= 15 is 13.2 Å². The molecule has 0 aliphatic rings. The molecule has 11 aromatic rings. The van der Waals surface area contributed by atoms with Gasteiger partial charge in [-0.05, 0) is 185 Å². The van der Waals surface area contributed by atoms with Gasteiger partial charge in [0.05, 0.1) is 11.1 Å². The highest BCUT2D eigenvalue weighted by molar-refractivity contribution is 7.99. The molecule has 10 heteroatoms. The summed E-state index contributed by atoms with van der Waals surface area (Å²) in [6.45, 7) is 0. The molecule has 0 nitrogen and oxygen atoms in total. The maximum Gasteiger partial charge on any atom is 0.417 e. The fourth-order valence-electron chi connectivity index (χ4n) is 10.1. The molecule has 0 unspecified atom stereocenters. The molecule has 0 saturated carbocycles. The summed E-state index contributed by atoms with van der Waals surface area (Å²) >= 11 is 16.8. The van der Waals surface area contributed by atoms with Crippen LogP contribution in [0.5, 0.6) is 0 Å². The zero-order valence-electron chi connectivity index (χ0n) is 39.7. The van der Waals surface area contributed by atoms with E-state index in [1.165, 1.54) is 30.0 Å². The number of alkyl halides is 6. The second-order valence-corrected chi connectivity index (χ2v) is 20.9. The summed E-state index contributed by atoms with van der Waals surface area (Å²) in [5.74, 6) is 0. The van der Waals surface area contributed by atoms with E-state index in [0.717, 1.165) is 48.7 Å². The molecule has 0 aliphatic heterocycles. The van der Waals surface area contributed by atoms with Gasteiger partial charge < -0.3 is 0 Å². The highest BCUT2D eigenvalue weighted by atomic mass is 35.5. The number of thioether (sulfide) groups is 1. The summed E-state index contributed by atoms with van der Waals surface area (Å²) in [5, 5.41) is 3.73. The van der Waals surface area contributed by atoms with Crippen molar-refractivity contribution >= 4 is 68.3 Å². The monoisotopic (exact) mass is 1070 g/mol. The summed E-state index contributed by atoms with van der Waals surface area (Å²) in [6.07, 6.45) is -7.52. The van der Waals surface area contributed by atoms with Gasteiger partial charge >= 0.3 is 12.4 Å². The fraction of sp³-hybridized carbons (Fsp3) is 0.0462. The fourth-order valence-corrected chi connectivity index (χ4v) is 11.7. The summed E-state index contributed by atoms with van der Waals surface area (Å²) in [7, 11) is 0. The Kier molecular flexibility index (Phi) is 13.7. The molecular formula is C65H40Cl2F6S2. The summed E-state index contributed by atoms with van der Waals surface area (Å²) in [4.78, 5) is 2.83. The van der Waals surface area contributed by atoms with Gasteiger partial charge in [0.2, 0.25) is 0 Å². The van der Waals surface area contributed by atoms with Crippen molar-refractivity contribution in [2.75, 3.05) is 6.26 Å². The number of hydrogen-bond donors (Lipinski definition) is 0. The molecule has 0 bridgehead atoms. The zero-order chi connectivity index (χ0) is 52.0. The van der Waals surface area contributed by atoms with Crippen LogP contribution < -0.4 is 0 Å². The molecule has 0 atom stereocenters. The molecule has 0 amide bonds. The van der Waals surface area contributed by atoms with E-state index in [0.29, 0.717) is 76.5 Å². The van der Waals surface area contributed by atoms with E-state index in [2.05, 4.69) is 0 Å². The standard InChI is InChI=1S/C65H40Cl2F6S2/c1-74-46-29-23-40(24-30-46)56-37-45(67)28-34-55(56)63-59(54-21-10-22-60(65(71,72)73)61(54)41-25-31-48(32-26-41)75-47-15-3-2-4-16-47)38-58(53-20-9-18-50(62(53)63)42-13-7-14-44(66)35-42)52-33-27-43(64(68,69)70)36-57(52)51-19-8-12-39-11-5-6-17-49(39)51/h2-38H,1H3. The van der Waals surface area contributed by atoms with Crippen molar-refractivity contribution in [3.63, 3.8) is 0 Å². The predicted octanol–water partition coefficient (Wildman–Crippen LogP) is 21.9. The van der Waals surface area contributed by atoms with Gasteiger partial charge in [-0.2, -0.15) is 26.3 Å². The third-order valence-electron chi connectivity index (χ3n) is 13.4. The Morgan fingerprint density at radius 3 is 1.71 bits per heavy atom. The van der Waals surface area contributed by atoms with Crippen molar-refractivity contribution in [1.29, 1.82) is 0 Å². The maximum atomic E-state index is 15.9. The molecule has 75 heavy (non-hydrogen) atoms. The first-order chi connectivity index (χ1) is 36.2. The molecule has 11 rings (SSSR count). The lowest BCUT2D eigenvalue weighted by molar-refractivity contribution is -0.138. The van der Waals surface area contributed by atoms with E-state index in [4.69, 9.17) is 23.2 Å². The van der Waals surface area contributed by atoms with Gasteiger partial charge in [-0.25, -0.2) is 0 Å². The normalized spacial score (nSPS) is 11.9. The summed E-state index contributed by atoms with van der Waals surface area (Å²) in [6, 6.07) is 66.3.